The SMILES string of the molecule is CCO[SiH2]OC(C)=O.COC(C)=O. The summed E-state index contributed by atoms with van der Waals surface area (Å²) in [5, 5.41) is 0. The highest BCUT2D eigenvalue weighted by molar-refractivity contribution is 6.22. The van der Waals surface area contributed by atoms with Crippen molar-refractivity contribution in [1.29, 1.82) is 0 Å². The van der Waals surface area contributed by atoms with Gasteiger partial charge >= 0.3 is 16.0 Å². The summed E-state index contributed by atoms with van der Waals surface area (Å²) in [6.07, 6.45) is 0. The predicted molar refractivity (Wildman–Crippen MR) is 49.6 cm³/mol. The van der Waals surface area contributed by atoms with E-state index in [0.717, 1.165) is 0 Å². The van der Waals surface area contributed by atoms with Gasteiger partial charge in [-0.3, -0.25) is 9.59 Å². The molecule has 0 aliphatic heterocycles. The number of carbonyl (C=O) groups is 2. The van der Waals surface area contributed by atoms with Gasteiger partial charge in [0.1, 0.15) is 0 Å². The number of rotatable bonds is 3. The normalized spacial score (nSPS) is 8.92. The van der Waals surface area contributed by atoms with E-state index in [1.807, 2.05) is 6.92 Å². The zero-order valence-corrected chi connectivity index (χ0v) is 9.87. The molecular weight excluding hydrogens is 192 g/mol. The van der Waals surface area contributed by atoms with Crippen LogP contribution in [0.5, 0.6) is 0 Å². The van der Waals surface area contributed by atoms with Gasteiger partial charge in [-0.15, -0.1) is 0 Å². The summed E-state index contributed by atoms with van der Waals surface area (Å²) < 4.78 is 13.5. The average molecular weight is 208 g/mol. The topological polar surface area (TPSA) is 61.8 Å². The molecule has 0 radical (unpaired) electrons. The summed E-state index contributed by atoms with van der Waals surface area (Å²) in [5.41, 5.74) is 0. The Balaban J connectivity index is 0. The van der Waals surface area contributed by atoms with Crippen LogP contribution in [0.2, 0.25) is 0 Å². The molecule has 13 heavy (non-hydrogen) atoms. The van der Waals surface area contributed by atoms with Crippen LogP contribution in [-0.4, -0.2) is 35.7 Å². The van der Waals surface area contributed by atoms with Gasteiger partial charge in [0.25, 0.3) is 5.97 Å². The Labute approximate surface area is 80.4 Å². The van der Waals surface area contributed by atoms with Crippen molar-refractivity contribution in [3.63, 3.8) is 0 Å². The lowest BCUT2D eigenvalue weighted by atomic mass is 10.8. The van der Waals surface area contributed by atoms with Crippen LogP contribution in [0, 0.1) is 0 Å². The minimum absolute atomic E-state index is 0.245. The monoisotopic (exact) mass is 208 g/mol. The zero-order valence-electron chi connectivity index (χ0n) is 8.46. The molecule has 0 rings (SSSR count). The molecule has 0 unspecified atom stereocenters. The van der Waals surface area contributed by atoms with Crippen molar-refractivity contribution in [1.82, 2.24) is 0 Å². The lowest BCUT2D eigenvalue weighted by Crippen LogP contribution is -2.07. The van der Waals surface area contributed by atoms with Gasteiger partial charge in [-0.05, 0) is 6.92 Å². The van der Waals surface area contributed by atoms with Crippen LogP contribution >= 0.6 is 0 Å². The first-order chi connectivity index (χ1) is 6.04. The Morgan fingerprint density at radius 3 is 1.92 bits per heavy atom. The molecule has 0 heterocycles. The van der Waals surface area contributed by atoms with E-state index in [2.05, 4.69) is 9.16 Å². The highest BCUT2D eigenvalue weighted by Crippen LogP contribution is 1.73. The van der Waals surface area contributed by atoms with Gasteiger partial charge in [-0.2, -0.15) is 0 Å². The van der Waals surface area contributed by atoms with Crippen molar-refractivity contribution in [2.45, 2.75) is 20.8 Å². The predicted octanol–water partition coefficient (Wildman–Crippen LogP) is -0.236. The molecule has 0 saturated heterocycles. The van der Waals surface area contributed by atoms with Gasteiger partial charge in [-0.1, -0.05) is 0 Å². The van der Waals surface area contributed by atoms with Crippen LogP contribution < -0.4 is 0 Å². The first-order valence-corrected chi connectivity index (χ1v) is 4.95. The van der Waals surface area contributed by atoms with E-state index >= 15 is 0 Å². The Kier molecular flexibility index (Phi) is 12.5. The molecule has 0 atom stereocenters. The molecular formula is C7H16O5Si. The summed E-state index contributed by atoms with van der Waals surface area (Å²) >= 11 is 0. The van der Waals surface area contributed by atoms with Crippen molar-refractivity contribution in [2.75, 3.05) is 13.7 Å². The second-order valence-corrected chi connectivity index (χ2v) is 2.87. The largest absolute Gasteiger partial charge is 0.499 e. The average Bonchev–Trinajstić information content (AvgIpc) is 2.05. The lowest BCUT2D eigenvalue weighted by molar-refractivity contribution is -0.138. The van der Waals surface area contributed by atoms with Gasteiger partial charge in [-0.25, -0.2) is 0 Å². The molecule has 0 spiro atoms. The Morgan fingerprint density at radius 1 is 1.23 bits per heavy atom. The molecule has 0 aromatic heterocycles. The fourth-order valence-electron chi connectivity index (χ4n) is 0.208. The second kappa shape index (κ2) is 11.1. The maximum absolute atomic E-state index is 10.1. The van der Waals surface area contributed by atoms with Crippen LogP contribution in [0.4, 0.5) is 0 Å². The summed E-state index contributed by atoms with van der Waals surface area (Å²) in [4.78, 5) is 19.6. The van der Waals surface area contributed by atoms with E-state index in [4.69, 9.17) is 4.43 Å². The van der Waals surface area contributed by atoms with E-state index in [-0.39, 0.29) is 11.9 Å². The minimum Gasteiger partial charge on any atom is -0.499 e. The van der Waals surface area contributed by atoms with E-state index < -0.39 is 10.0 Å². The molecule has 0 bridgehead atoms. The first-order valence-electron chi connectivity index (χ1n) is 3.80. The molecule has 5 nitrogen and oxygen atoms in total. The molecule has 0 aliphatic rings. The van der Waals surface area contributed by atoms with Crippen molar-refractivity contribution >= 4 is 21.9 Å². The van der Waals surface area contributed by atoms with Crippen molar-refractivity contribution in [3.8, 4) is 0 Å². The third kappa shape index (κ3) is 24.7. The molecule has 0 aromatic carbocycles. The molecule has 0 amide bonds. The molecule has 0 saturated carbocycles. The van der Waals surface area contributed by atoms with E-state index in [9.17, 15) is 9.59 Å². The number of methoxy groups -OCH3 is 1. The number of ether oxygens (including phenoxy) is 1. The van der Waals surface area contributed by atoms with E-state index in [1.165, 1.54) is 21.0 Å². The van der Waals surface area contributed by atoms with Gasteiger partial charge in [0, 0.05) is 20.5 Å². The summed E-state index contributed by atoms with van der Waals surface area (Å²) in [6.45, 7) is 5.25. The maximum atomic E-state index is 10.1. The first kappa shape index (κ1) is 14.6. The quantitative estimate of drug-likeness (QED) is 0.364. The van der Waals surface area contributed by atoms with Gasteiger partial charge in [0.05, 0.1) is 7.11 Å². The van der Waals surface area contributed by atoms with E-state index in [1.54, 1.807) is 0 Å². The summed E-state index contributed by atoms with van der Waals surface area (Å²) in [6, 6.07) is 0. The van der Waals surface area contributed by atoms with Crippen LogP contribution in [0.3, 0.4) is 0 Å². The van der Waals surface area contributed by atoms with E-state index in [0.29, 0.717) is 6.61 Å². The number of carbonyl (C=O) groups excluding carboxylic acids is 2. The molecule has 78 valence electrons. The van der Waals surface area contributed by atoms with Crippen LogP contribution in [0.15, 0.2) is 0 Å². The third-order valence-electron chi connectivity index (χ3n) is 0.837. The third-order valence-corrected chi connectivity index (χ3v) is 1.94. The minimum atomic E-state index is -0.986. The number of hydrogen-bond donors (Lipinski definition) is 0. The molecule has 0 N–H and O–H groups in total. The Bertz CT molecular complexity index is 148. The Hall–Kier alpha value is -0.883. The molecule has 0 aromatic rings. The van der Waals surface area contributed by atoms with Crippen LogP contribution in [0.1, 0.15) is 20.8 Å². The van der Waals surface area contributed by atoms with Gasteiger partial charge < -0.3 is 13.6 Å². The van der Waals surface area contributed by atoms with Crippen molar-refractivity contribution in [3.05, 3.63) is 0 Å². The second-order valence-electron chi connectivity index (χ2n) is 1.94. The maximum Gasteiger partial charge on any atom is 0.369 e. The summed E-state index contributed by atoms with van der Waals surface area (Å²) in [7, 11) is 0.364. The Morgan fingerprint density at radius 2 is 1.69 bits per heavy atom. The fourth-order valence-corrected chi connectivity index (χ4v) is 0.624. The van der Waals surface area contributed by atoms with Gasteiger partial charge in [0.15, 0.2) is 0 Å². The number of hydrogen-bond acceptors (Lipinski definition) is 5. The molecule has 6 heteroatoms. The zero-order chi connectivity index (χ0) is 10.7. The van der Waals surface area contributed by atoms with Crippen LogP contribution in [0.25, 0.3) is 0 Å². The standard InChI is InChI=1S/C4H10O3Si.C3H6O2/c1-3-6-8-7-4(2)5;1-3(4)5-2/h3,8H2,1-2H3;1-2H3. The van der Waals surface area contributed by atoms with Crippen molar-refractivity contribution in [2.24, 2.45) is 0 Å². The fraction of sp³-hybridized carbons (Fsp3) is 0.714. The highest BCUT2D eigenvalue weighted by Gasteiger charge is 1.89. The number of esters is 1. The molecule has 0 fully saturated rings. The molecule has 0 aliphatic carbocycles. The van der Waals surface area contributed by atoms with Crippen molar-refractivity contribution < 1.29 is 23.2 Å². The van der Waals surface area contributed by atoms with Gasteiger partial charge in [0.2, 0.25) is 0 Å². The smallest absolute Gasteiger partial charge is 0.369 e. The highest BCUT2D eigenvalue weighted by atomic mass is 28.3. The van der Waals surface area contributed by atoms with Crippen LogP contribution in [-0.2, 0) is 23.2 Å². The lowest BCUT2D eigenvalue weighted by Gasteiger charge is -1.97. The summed E-state index contributed by atoms with van der Waals surface area (Å²) in [5.74, 6) is -0.491.